The zero-order valence-corrected chi connectivity index (χ0v) is 13.5. The summed E-state index contributed by atoms with van der Waals surface area (Å²) in [4.78, 5) is 5.44. The Morgan fingerprint density at radius 1 is 1.14 bits per heavy atom. The Morgan fingerprint density at radius 3 is 2.71 bits per heavy atom. The van der Waals surface area contributed by atoms with Crippen molar-refractivity contribution in [2.45, 2.75) is 10.6 Å². The first-order valence-corrected chi connectivity index (χ1v) is 8.18. The van der Waals surface area contributed by atoms with E-state index in [1.54, 1.807) is 18.0 Å². The second-order valence-corrected chi connectivity index (χ2v) is 6.33. The Labute approximate surface area is 135 Å². The van der Waals surface area contributed by atoms with Crippen LogP contribution in [0.5, 0.6) is 0 Å². The van der Waals surface area contributed by atoms with Gasteiger partial charge in [-0.3, -0.25) is 0 Å². The van der Waals surface area contributed by atoms with Crippen molar-refractivity contribution in [2.75, 3.05) is 5.73 Å². The molecular formula is C16H13BrN2OS. The Kier molecular flexibility index (Phi) is 4.31. The van der Waals surface area contributed by atoms with Crippen LogP contribution in [0.3, 0.4) is 0 Å². The highest BCUT2D eigenvalue weighted by Gasteiger charge is 2.08. The van der Waals surface area contributed by atoms with Gasteiger partial charge in [-0.05, 0) is 34.1 Å². The molecule has 0 bridgehead atoms. The van der Waals surface area contributed by atoms with E-state index in [2.05, 4.69) is 20.9 Å². The largest absolute Gasteiger partial charge is 0.440 e. The van der Waals surface area contributed by atoms with Gasteiger partial charge in [0.25, 0.3) is 0 Å². The van der Waals surface area contributed by atoms with Crippen LogP contribution in [-0.2, 0) is 5.75 Å². The predicted molar refractivity (Wildman–Crippen MR) is 90.1 cm³/mol. The van der Waals surface area contributed by atoms with Crippen molar-refractivity contribution < 1.29 is 4.42 Å². The number of oxazole rings is 1. The van der Waals surface area contributed by atoms with Gasteiger partial charge in [0.15, 0.2) is 5.76 Å². The number of aromatic nitrogens is 1. The highest BCUT2D eigenvalue weighted by atomic mass is 79.9. The van der Waals surface area contributed by atoms with E-state index in [-0.39, 0.29) is 0 Å². The van der Waals surface area contributed by atoms with Gasteiger partial charge < -0.3 is 10.2 Å². The van der Waals surface area contributed by atoms with E-state index in [0.717, 1.165) is 26.4 Å². The molecule has 0 amide bonds. The third-order valence-electron chi connectivity index (χ3n) is 2.92. The van der Waals surface area contributed by atoms with Gasteiger partial charge in [-0.1, -0.05) is 30.3 Å². The van der Waals surface area contributed by atoms with E-state index in [1.165, 1.54) is 0 Å². The standard InChI is InChI=1S/C16H13BrN2OS/c17-13-8-12(18)6-7-15(13)21-10-16-19-9-14(20-16)11-4-2-1-3-5-11/h1-9H,10,18H2. The molecule has 3 aromatic rings. The molecule has 2 N–H and O–H groups in total. The maximum atomic E-state index is 5.78. The van der Waals surface area contributed by atoms with Crippen LogP contribution in [0.1, 0.15) is 5.89 Å². The maximum absolute atomic E-state index is 5.78. The number of nitrogen functional groups attached to an aromatic ring is 1. The molecule has 1 heterocycles. The Hall–Kier alpha value is -1.72. The van der Waals surface area contributed by atoms with Crippen LogP contribution >= 0.6 is 27.7 Å². The third-order valence-corrected chi connectivity index (χ3v) is 4.90. The molecule has 5 heteroatoms. The quantitative estimate of drug-likeness (QED) is 0.526. The van der Waals surface area contributed by atoms with E-state index >= 15 is 0 Å². The zero-order chi connectivity index (χ0) is 14.7. The lowest BCUT2D eigenvalue weighted by molar-refractivity contribution is 0.530. The summed E-state index contributed by atoms with van der Waals surface area (Å²) in [6.45, 7) is 0. The summed E-state index contributed by atoms with van der Waals surface area (Å²) in [6, 6.07) is 15.7. The molecule has 0 aliphatic carbocycles. The van der Waals surface area contributed by atoms with Crippen molar-refractivity contribution >= 4 is 33.4 Å². The number of benzene rings is 2. The SMILES string of the molecule is Nc1ccc(SCc2ncc(-c3ccccc3)o2)c(Br)c1. The maximum Gasteiger partial charge on any atom is 0.205 e. The van der Waals surface area contributed by atoms with Crippen LogP contribution in [0.2, 0.25) is 0 Å². The minimum Gasteiger partial charge on any atom is -0.440 e. The number of anilines is 1. The van der Waals surface area contributed by atoms with Gasteiger partial charge >= 0.3 is 0 Å². The van der Waals surface area contributed by atoms with E-state index < -0.39 is 0 Å². The van der Waals surface area contributed by atoms with Gasteiger partial charge in [-0.15, -0.1) is 11.8 Å². The molecule has 21 heavy (non-hydrogen) atoms. The van der Waals surface area contributed by atoms with Gasteiger partial charge in [-0.25, -0.2) is 4.98 Å². The molecule has 0 saturated carbocycles. The van der Waals surface area contributed by atoms with Gasteiger partial charge in [0.1, 0.15) is 0 Å². The molecule has 3 nitrogen and oxygen atoms in total. The summed E-state index contributed by atoms with van der Waals surface area (Å²) < 4.78 is 6.77. The molecule has 2 aromatic carbocycles. The average Bonchev–Trinajstić information content (AvgIpc) is 2.96. The Morgan fingerprint density at radius 2 is 1.95 bits per heavy atom. The lowest BCUT2D eigenvalue weighted by Gasteiger charge is -2.03. The fraction of sp³-hybridized carbons (Fsp3) is 0.0625. The third kappa shape index (κ3) is 3.49. The molecule has 0 spiro atoms. The summed E-state index contributed by atoms with van der Waals surface area (Å²) in [7, 11) is 0. The van der Waals surface area contributed by atoms with Gasteiger partial charge in [0, 0.05) is 20.6 Å². The van der Waals surface area contributed by atoms with Crippen molar-refractivity contribution in [3.05, 3.63) is 65.1 Å². The van der Waals surface area contributed by atoms with Gasteiger partial charge in [0.05, 0.1) is 11.9 Å². The number of hydrogen-bond acceptors (Lipinski definition) is 4. The van der Waals surface area contributed by atoms with Crippen LogP contribution in [-0.4, -0.2) is 4.98 Å². The molecule has 1 aromatic heterocycles. The van der Waals surface area contributed by atoms with Crippen LogP contribution in [0.4, 0.5) is 5.69 Å². The van der Waals surface area contributed by atoms with Crippen LogP contribution in [0.15, 0.2) is 68.5 Å². The van der Waals surface area contributed by atoms with Crippen molar-refractivity contribution in [1.29, 1.82) is 0 Å². The first-order valence-electron chi connectivity index (χ1n) is 6.40. The number of thioether (sulfide) groups is 1. The predicted octanol–water partition coefficient (Wildman–Crippen LogP) is 4.98. The number of halogens is 1. The van der Waals surface area contributed by atoms with Crippen molar-refractivity contribution in [2.24, 2.45) is 0 Å². The van der Waals surface area contributed by atoms with Crippen molar-refractivity contribution in [3.63, 3.8) is 0 Å². The summed E-state index contributed by atoms with van der Waals surface area (Å²) in [5.74, 6) is 2.18. The summed E-state index contributed by atoms with van der Waals surface area (Å²) in [6.07, 6.45) is 1.77. The van der Waals surface area contributed by atoms with Gasteiger partial charge in [0.2, 0.25) is 5.89 Å². The number of nitrogens with zero attached hydrogens (tertiary/aromatic N) is 1. The fourth-order valence-corrected chi connectivity index (χ4v) is 3.40. The molecule has 0 fully saturated rings. The van der Waals surface area contributed by atoms with Crippen LogP contribution in [0, 0.1) is 0 Å². The highest BCUT2D eigenvalue weighted by Crippen LogP contribution is 2.32. The highest BCUT2D eigenvalue weighted by molar-refractivity contribution is 9.10. The monoisotopic (exact) mass is 360 g/mol. The lowest BCUT2D eigenvalue weighted by Crippen LogP contribution is -1.85. The smallest absolute Gasteiger partial charge is 0.205 e. The molecule has 0 aliphatic rings. The second-order valence-electron chi connectivity index (χ2n) is 4.46. The molecule has 0 unspecified atom stereocenters. The minimum atomic E-state index is 0.676. The van der Waals surface area contributed by atoms with Crippen LogP contribution in [0.25, 0.3) is 11.3 Å². The van der Waals surface area contributed by atoms with Crippen LogP contribution < -0.4 is 5.73 Å². The van der Waals surface area contributed by atoms with E-state index in [9.17, 15) is 0 Å². The first kappa shape index (κ1) is 14.2. The van der Waals surface area contributed by atoms with Crippen molar-refractivity contribution in [3.8, 4) is 11.3 Å². The molecule has 0 atom stereocenters. The molecule has 0 aliphatic heterocycles. The molecule has 0 saturated heterocycles. The Bertz CT molecular complexity index is 743. The number of hydrogen-bond donors (Lipinski definition) is 1. The van der Waals surface area contributed by atoms with E-state index in [0.29, 0.717) is 11.6 Å². The number of rotatable bonds is 4. The van der Waals surface area contributed by atoms with E-state index in [4.69, 9.17) is 10.2 Å². The molecular weight excluding hydrogens is 348 g/mol. The first-order chi connectivity index (χ1) is 10.2. The minimum absolute atomic E-state index is 0.676. The fourth-order valence-electron chi connectivity index (χ4n) is 1.89. The Balaban J connectivity index is 1.70. The topological polar surface area (TPSA) is 52.0 Å². The summed E-state index contributed by atoms with van der Waals surface area (Å²) >= 11 is 5.17. The summed E-state index contributed by atoms with van der Waals surface area (Å²) in [5.41, 5.74) is 7.51. The number of nitrogens with two attached hydrogens (primary N) is 1. The summed E-state index contributed by atoms with van der Waals surface area (Å²) in [5, 5.41) is 0. The lowest BCUT2D eigenvalue weighted by atomic mass is 10.2. The zero-order valence-electron chi connectivity index (χ0n) is 11.1. The molecule has 106 valence electrons. The van der Waals surface area contributed by atoms with Gasteiger partial charge in [-0.2, -0.15) is 0 Å². The van der Waals surface area contributed by atoms with E-state index in [1.807, 2.05) is 48.5 Å². The second kappa shape index (κ2) is 6.37. The van der Waals surface area contributed by atoms with Crippen molar-refractivity contribution in [1.82, 2.24) is 4.98 Å². The average molecular weight is 361 g/mol. The molecule has 3 rings (SSSR count). The normalized spacial score (nSPS) is 10.7. The molecule has 0 radical (unpaired) electrons.